The molecule has 0 spiro atoms. The molecule has 1 aliphatic rings. The summed E-state index contributed by atoms with van der Waals surface area (Å²) >= 11 is 0. The molecule has 0 radical (unpaired) electrons. The molecule has 0 saturated heterocycles. The third-order valence-electron chi connectivity index (χ3n) is 4.36. The number of anilines is 1. The standard InChI is InChI=1S/C17H27NO2/c1-11(2)10-20-16-9-15(17(16,4)5)18-13-7-6-12(3)14(19)8-13/h6-8,11,15-16,18-19H,9-10H2,1-5H3. The van der Waals surface area contributed by atoms with Crippen LogP contribution in [0.3, 0.4) is 0 Å². The van der Waals surface area contributed by atoms with Crippen LogP contribution in [-0.4, -0.2) is 23.9 Å². The molecule has 1 aromatic rings. The quantitative estimate of drug-likeness (QED) is 0.856. The predicted octanol–water partition coefficient (Wildman–Crippen LogP) is 3.95. The molecule has 0 bridgehead atoms. The second-order valence-electron chi connectivity index (χ2n) is 6.97. The highest BCUT2D eigenvalue weighted by molar-refractivity contribution is 5.52. The van der Waals surface area contributed by atoms with E-state index in [1.807, 2.05) is 19.1 Å². The van der Waals surface area contributed by atoms with E-state index in [0.29, 0.717) is 23.8 Å². The average molecular weight is 277 g/mol. The summed E-state index contributed by atoms with van der Waals surface area (Å²) in [5, 5.41) is 13.3. The first-order valence-electron chi connectivity index (χ1n) is 7.48. The topological polar surface area (TPSA) is 41.5 Å². The Labute approximate surface area is 122 Å². The fourth-order valence-corrected chi connectivity index (χ4v) is 2.62. The minimum absolute atomic E-state index is 0.120. The van der Waals surface area contributed by atoms with Gasteiger partial charge < -0.3 is 15.2 Å². The van der Waals surface area contributed by atoms with E-state index >= 15 is 0 Å². The van der Waals surface area contributed by atoms with Gasteiger partial charge in [0, 0.05) is 29.8 Å². The lowest BCUT2D eigenvalue weighted by Crippen LogP contribution is -2.58. The summed E-state index contributed by atoms with van der Waals surface area (Å²) in [6, 6.07) is 6.15. The Kier molecular flexibility index (Phi) is 4.28. The molecule has 3 nitrogen and oxygen atoms in total. The van der Waals surface area contributed by atoms with E-state index in [4.69, 9.17) is 4.74 Å². The van der Waals surface area contributed by atoms with E-state index in [0.717, 1.165) is 24.3 Å². The number of aromatic hydroxyl groups is 1. The molecular formula is C17H27NO2. The Hall–Kier alpha value is -1.22. The number of ether oxygens (including phenoxy) is 1. The maximum atomic E-state index is 9.77. The van der Waals surface area contributed by atoms with Crippen LogP contribution in [-0.2, 0) is 4.74 Å². The van der Waals surface area contributed by atoms with Crippen molar-refractivity contribution >= 4 is 5.69 Å². The first kappa shape index (κ1) is 15.2. The molecular weight excluding hydrogens is 250 g/mol. The van der Waals surface area contributed by atoms with Crippen LogP contribution in [0, 0.1) is 18.3 Å². The van der Waals surface area contributed by atoms with Crippen molar-refractivity contribution in [1.29, 1.82) is 0 Å². The number of rotatable bonds is 5. The lowest BCUT2D eigenvalue weighted by Gasteiger charge is -2.52. The molecule has 1 aromatic carbocycles. The van der Waals surface area contributed by atoms with Gasteiger partial charge in [-0.2, -0.15) is 0 Å². The Morgan fingerprint density at radius 3 is 2.65 bits per heavy atom. The van der Waals surface area contributed by atoms with Crippen LogP contribution < -0.4 is 5.32 Å². The predicted molar refractivity (Wildman–Crippen MR) is 83.2 cm³/mol. The van der Waals surface area contributed by atoms with Crippen molar-refractivity contribution in [1.82, 2.24) is 0 Å². The molecule has 3 heteroatoms. The fourth-order valence-electron chi connectivity index (χ4n) is 2.62. The molecule has 2 rings (SSSR count). The Morgan fingerprint density at radius 2 is 2.10 bits per heavy atom. The van der Waals surface area contributed by atoms with Crippen molar-refractivity contribution in [3.63, 3.8) is 0 Å². The number of hydrogen-bond acceptors (Lipinski definition) is 3. The molecule has 1 saturated carbocycles. The highest BCUT2D eigenvalue weighted by Crippen LogP contribution is 2.44. The molecule has 0 aromatic heterocycles. The van der Waals surface area contributed by atoms with Crippen molar-refractivity contribution < 1.29 is 9.84 Å². The summed E-state index contributed by atoms with van der Waals surface area (Å²) in [4.78, 5) is 0. The molecule has 2 atom stereocenters. The molecule has 0 amide bonds. The van der Waals surface area contributed by atoms with Gasteiger partial charge in [0.2, 0.25) is 0 Å². The van der Waals surface area contributed by atoms with Gasteiger partial charge in [-0.3, -0.25) is 0 Å². The van der Waals surface area contributed by atoms with E-state index in [-0.39, 0.29) is 5.41 Å². The molecule has 0 aliphatic heterocycles. The summed E-state index contributed by atoms with van der Waals surface area (Å²) in [5.41, 5.74) is 2.00. The number of phenols is 1. The van der Waals surface area contributed by atoms with Crippen molar-refractivity contribution in [2.24, 2.45) is 11.3 Å². The van der Waals surface area contributed by atoms with Crippen LogP contribution in [0.1, 0.15) is 39.7 Å². The third-order valence-corrected chi connectivity index (χ3v) is 4.36. The zero-order valence-corrected chi connectivity index (χ0v) is 13.2. The molecule has 0 heterocycles. The van der Waals surface area contributed by atoms with Gasteiger partial charge in [-0.25, -0.2) is 0 Å². The number of phenolic OH excluding ortho intramolecular Hbond substituents is 1. The molecule has 2 N–H and O–H groups in total. The molecule has 1 aliphatic carbocycles. The van der Waals surface area contributed by atoms with E-state index in [9.17, 15) is 5.11 Å². The molecule has 20 heavy (non-hydrogen) atoms. The largest absolute Gasteiger partial charge is 0.508 e. The van der Waals surface area contributed by atoms with E-state index in [1.165, 1.54) is 0 Å². The lowest BCUT2D eigenvalue weighted by atomic mass is 9.64. The number of benzene rings is 1. The van der Waals surface area contributed by atoms with Gasteiger partial charge >= 0.3 is 0 Å². The monoisotopic (exact) mass is 277 g/mol. The van der Waals surface area contributed by atoms with Crippen LogP contribution in [0.15, 0.2) is 18.2 Å². The highest BCUT2D eigenvalue weighted by Gasteiger charge is 2.49. The van der Waals surface area contributed by atoms with Crippen LogP contribution in [0.4, 0.5) is 5.69 Å². The third kappa shape index (κ3) is 3.09. The maximum Gasteiger partial charge on any atom is 0.120 e. The SMILES string of the molecule is Cc1ccc(NC2CC(OCC(C)C)C2(C)C)cc1O. The summed E-state index contributed by atoms with van der Waals surface area (Å²) in [6.45, 7) is 11.6. The van der Waals surface area contributed by atoms with E-state index in [2.05, 4.69) is 33.0 Å². The zero-order chi connectivity index (χ0) is 14.9. The van der Waals surface area contributed by atoms with Crippen LogP contribution >= 0.6 is 0 Å². The van der Waals surface area contributed by atoms with E-state index < -0.39 is 0 Å². The highest BCUT2D eigenvalue weighted by atomic mass is 16.5. The second kappa shape index (κ2) is 5.65. The van der Waals surface area contributed by atoms with Crippen molar-refractivity contribution in [2.75, 3.05) is 11.9 Å². The lowest BCUT2D eigenvalue weighted by molar-refractivity contribution is -0.108. The van der Waals surface area contributed by atoms with Gasteiger partial charge in [-0.15, -0.1) is 0 Å². The zero-order valence-electron chi connectivity index (χ0n) is 13.2. The van der Waals surface area contributed by atoms with Gasteiger partial charge in [0.15, 0.2) is 0 Å². The van der Waals surface area contributed by atoms with Crippen molar-refractivity contribution in [2.45, 2.75) is 53.2 Å². The maximum absolute atomic E-state index is 9.77. The molecule has 2 unspecified atom stereocenters. The number of hydrogen-bond donors (Lipinski definition) is 2. The van der Waals surface area contributed by atoms with Crippen LogP contribution in [0.25, 0.3) is 0 Å². The summed E-state index contributed by atoms with van der Waals surface area (Å²) in [6.07, 6.45) is 1.34. The van der Waals surface area contributed by atoms with Gasteiger partial charge in [0.05, 0.1) is 6.10 Å². The summed E-state index contributed by atoms with van der Waals surface area (Å²) in [5.74, 6) is 0.923. The minimum atomic E-state index is 0.120. The number of nitrogens with one attached hydrogen (secondary N) is 1. The van der Waals surface area contributed by atoms with E-state index in [1.54, 1.807) is 6.07 Å². The normalized spacial score (nSPS) is 24.5. The smallest absolute Gasteiger partial charge is 0.120 e. The van der Waals surface area contributed by atoms with Crippen LogP contribution in [0.2, 0.25) is 0 Å². The summed E-state index contributed by atoms with van der Waals surface area (Å²) < 4.78 is 5.98. The Bertz CT molecular complexity index is 468. The van der Waals surface area contributed by atoms with Gasteiger partial charge in [0.25, 0.3) is 0 Å². The Morgan fingerprint density at radius 1 is 1.40 bits per heavy atom. The fraction of sp³-hybridized carbons (Fsp3) is 0.647. The summed E-state index contributed by atoms with van der Waals surface area (Å²) in [7, 11) is 0. The first-order chi connectivity index (χ1) is 9.30. The number of aryl methyl sites for hydroxylation is 1. The van der Waals surface area contributed by atoms with Gasteiger partial charge in [-0.1, -0.05) is 33.8 Å². The Balaban J connectivity index is 1.93. The molecule has 112 valence electrons. The van der Waals surface area contributed by atoms with Crippen molar-refractivity contribution in [3.05, 3.63) is 23.8 Å². The molecule has 1 fully saturated rings. The average Bonchev–Trinajstić information content (AvgIpc) is 2.36. The van der Waals surface area contributed by atoms with Crippen LogP contribution in [0.5, 0.6) is 5.75 Å². The van der Waals surface area contributed by atoms with Gasteiger partial charge in [-0.05, 0) is 30.9 Å². The van der Waals surface area contributed by atoms with Crippen molar-refractivity contribution in [3.8, 4) is 5.75 Å². The second-order valence-corrected chi connectivity index (χ2v) is 6.97. The first-order valence-corrected chi connectivity index (χ1v) is 7.48. The van der Waals surface area contributed by atoms with Gasteiger partial charge in [0.1, 0.15) is 5.75 Å². The minimum Gasteiger partial charge on any atom is -0.508 e.